The molecule has 5 nitrogen and oxygen atoms in total. The van der Waals surface area contributed by atoms with Crippen LogP contribution in [0, 0.1) is 6.92 Å². The summed E-state index contributed by atoms with van der Waals surface area (Å²) in [6, 6.07) is 3.59. The summed E-state index contributed by atoms with van der Waals surface area (Å²) in [4.78, 5) is 3.96. The van der Waals surface area contributed by atoms with Crippen LogP contribution in [0.25, 0.3) is 5.65 Å². The number of fused-ring (bicyclic) bond motifs is 1. The van der Waals surface area contributed by atoms with E-state index in [2.05, 4.69) is 10.1 Å². The molecule has 0 atom stereocenters. The maximum Gasteiger partial charge on any atom is 0.197 e. The van der Waals surface area contributed by atoms with Crippen molar-refractivity contribution in [3.8, 4) is 0 Å². The first kappa shape index (κ1) is 8.15. The first-order chi connectivity index (χ1) is 6.18. The molecule has 0 aliphatic rings. The van der Waals surface area contributed by atoms with Crippen molar-refractivity contribution in [1.29, 1.82) is 0 Å². The van der Waals surface area contributed by atoms with Crippen LogP contribution < -0.4 is 0 Å². The van der Waals surface area contributed by atoms with E-state index < -0.39 is 6.29 Å². The van der Waals surface area contributed by atoms with E-state index in [4.69, 9.17) is 10.2 Å². The highest BCUT2D eigenvalue weighted by atomic mass is 16.5. The van der Waals surface area contributed by atoms with Crippen molar-refractivity contribution >= 4 is 5.65 Å². The van der Waals surface area contributed by atoms with E-state index in [0.29, 0.717) is 5.65 Å². The summed E-state index contributed by atoms with van der Waals surface area (Å²) in [5.74, 6) is 0. The van der Waals surface area contributed by atoms with E-state index >= 15 is 0 Å². The molecule has 0 saturated carbocycles. The minimum atomic E-state index is -1.54. The van der Waals surface area contributed by atoms with Gasteiger partial charge in [0.25, 0.3) is 0 Å². The molecule has 5 heteroatoms. The van der Waals surface area contributed by atoms with Gasteiger partial charge in [-0.2, -0.15) is 5.10 Å². The smallest absolute Gasteiger partial charge is 0.197 e. The summed E-state index contributed by atoms with van der Waals surface area (Å²) in [6.45, 7) is 1.83. The number of hydrogen-bond donors (Lipinski definition) is 2. The van der Waals surface area contributed by atoms with E-state index in [1.165, 1.54) is 10.7 Å². The predicted molar refractivity (Wildman–Crippen MR) is 44.9 cm³/mol. The quantitative estimate of drug-likeness (QED) is 0.605. The molecule has 0 amide bonds. The molecule has 0 saturated heterocycles. The van der Waals surface area contributed by atoms with Crippen LogP contribution in [0.2, 0.25) is 0 Å². The Morgan fingerprint density at radius 1 is 1.38 bits per heavy atom. The van der Waals surface area contributed by atoms with E-state index in [0.717, 1.165) is 5.69 Å². The second-order valence-electron chi connectivity index (χ2n) is 2.80. The topological polar surface area (TPSA) is 70.7 Å². The minimum Gasteiger partial charge on any atom is -0.363 e. The Hall–Kier alpha value is -1.46. The summed E-state index contributed by atoms with van der Waals surface area (Å²) >= 11 is 0. The van der Waals surface area contributed by atoms with Gasteiger partial charge >= 0.3 is 0 Å². The SMILES string of the molecule is Cc1ccc2ncc(C(O)O)n2n1. The fraction of sp³-hybridized carbons (Fsp3) is 0.250. The maximum absolute atomic E-state index is 8.96. The monoisotopic (exact) mass is 179 g/mol. The molecule has 2 aromatic heterocycles. The molecular formula is C8H9N3O2. The summed E-state index contributed by atoms with van der Waals surface area (Å²) in [5, 5.41) is 22.0. The van der Waals surface area contributed by atoms with Crippen molar-refractivity contribution in [2.24, 2.45) is 0 Å². The van der Waals surface area contributed by atoms with Gasteiger partial charge in [-0.3, -0.25) is 0 Å². The molecule has 0 aliphatic heterocycles. The molecule has 0 radical (unpaired) electrons. The Bertz CT molecular complexity index is 436. The highest BCUT2D eigenvalue weighted by molar-refractivity contribution is 5.38. The van der Waals surface area contributed by atoms with E-state index in [-0.39, 0.29) is 5.69 Å². The molecule has 0 unspecified atom stereocenters. The maximum atomic E-state index is 8.96. The lowest BCUT2D eigenvalue weighted by Crippen LogP contribution is -2.03. The van der Waals surface area contributed by atoms with Crippen molar-refractivity contribution in [3.05, 3.63) is 29.7 Å². The highest BCUT2D eigenvalue weighted by Crippen LogP contribution is 2.11. The Labute approximate surface area is 74.3 Å². The van der Waals surface area contributed by atoms with Gasteiger partial charge < -0.3 is 10.2 Å². The largest absolute Gasteiger partial charge is 0.363 e. The number of aromatic nitrogens is 3. The van der Waals surface area contributed by atoms with Gasteiger partial charge in [-0.15, -0.1) is 0 Å². The van der Waals surface area contributed by atoms with Crippen LogP contribution in [0.4, 0.5) is 0 Å². The Morgan fingerprint density at radius 2 is 2.15 bits per heavy atom. The molecule has 2 aromatic rings. The summed E-state index contributed by atoms with van der Waals surface area (Å²) < 4.78 is 1.42. The number of hydrogen-bond acceptors (Lipinski definition) is 4. The molecule has 68 valence electrons. The lowest BCUT2D eigenvalue weighted by Gasteiger charge is -2.02. The van der Waals surface area contributed by atoms with Crippen LogP contribution in [0.1, 0.15) is 17.7 Å². The van der Waals surface area contributed by atoms with Gasteiger partial charge in [0.05, 0.1) is 11.9 Å². The number of aliphatic hydroxyl groups is 2. The van der Waals surface area contributed by atoms with Crippen molar-refractivity contribution in [1.82, 2.24) is 14.6 Å². The molecule has 0 aliphatic carbocycles. The van der Waals surface area contributed by atoms with Crippen molar-refractivity contribution < 1.29 is 10.2 Å². The first-order valence-electron chi connectivity index (χ1n) is 3.86. The molecule has 2 heterocycles. The van der Waals surface area contributed by atoms with Gasteiger partial charge in [-0.1, -0.05) is 0 Å². The minimum absolute atomic E-state index is 0.277. The number of aryl methyl sites for hydroxylation is 1. The molecular weight excluding hydrogens is 170 g/mol. The Kier molecular flexibility index (Phi) is 1.75. The van der Waals surface area contributed by atoms with Crippen molar-refractivity contribution in [3.63, 3.8) is 0 Å². The average molecular weight is 179 g/mol. The number of rotatable bonds is 1. The van der Waals surface area contributed by atoms with Gasteiger partial charge in [-0.25, -0.2) is 9.50 Å². The van der Waals surface area contributed by atoms with Crippen LogP contribution in [0.3, 0.4) is 0 Å². The van der Waals surface area contributed by atoms with Crippen LogP contribution in [-0.2, 0) is 0 Å². The lowest BCUT2D eigenvalue weighted by molar-refractivity contribution is -0.0471. The highest BCUT2D eigenvalue weighted by Gasteiger charge is 2.10. The van der Waals surface area contributed by atoms with Gasteiger partial charge in [0, 0.05) is 0 Å². The zero-order valence-corrected chi connectivity index (χ0v) is 7.05. The number of imidazole rings is 1. The second kappa shape index (κ2) is 2.79. The van der Waals surface area contributed by atoms with Gasteiger partial charge in [-0.05, 0) is 19.1 Å². The molecule has 0 fully saturated rings. The standard InChI is InChI=1S/C8H9N3O2/c1-5-2-3-7-9-4-6(8(12)13)11(7)10-5/h2-4,8,12-13H,1H3. The first-order valence-corrected chi connectivity index (χ1v) is 3.86. The summed E-state index contributed by atoms with van der Waals surface area (Å²) in [6.07, 6.45) is -0.142. The molecule has 0 aromatic carbocycles. The normalized spacial score (nSPS) is 11.4. The summed E-state index contributed by atoms with van der Waals surface area (Å²) in [5.41, 5.74) is 1.68. The Balaban J connectivity index is 2.71. The molecule has 0 bridgehead atoms. The molecule has 2 N–H and O–H groups in total. The third-order valence-corrected chi connectivity index (χ3v) is 1.79. The molecule has 13 heavy (non-hydrogen) atoms. The van der Waals surface area contributed by atoms with Crippen molar-refractivity contribution in [2.75, 3.05) is 0 Å². The van der Waals surface area contributed by atoms with E-state index in [1.54, 1.807) is 6.07 Å². The second-order valence-corrected chi connectivity index (χ2v) is 2.80. The van der Waals surface area contributed by atoms with Crippen molar-refractivity contribution in [2.45, 2.75) is 13.2 Å². The van der Waals surface area contributed by atoms with E-state index in [9.17, 15) is 0 Å². The zero-order valence-electron chi connectivity index (χ0n) is 7.05. The van der Waals surface area contributed by atoms with Gasteiger partial charge in [0.2, 0.25) is 0 Å². The van der Waals surface area contributed by atoms with Gasteiger partial charge in [0.1, 0.15) is 5.69 Å². The predicted octanol–water partition coefficient (Wildman–Crippen LogP) is 0.0209. The molecule has 2 rings (SSSR count). The Morgan fingerprint density at radius 3 is 2.85 bits per heavy atom. The van der Waals surface area contributed by atoms with Gasteiger partial charge in [0.15, 0.2) is 11.9 Å². The third-order valence-electron chi connectivity index (χ3n) is 1.79. The number of aliphatic hydroxyl groups excluding tert-OH is 1. The zero-order chi connectivity index (χ0) is 9.42. The number of nitrogens with zero attached hydrogens (tertiary/aromatic N) is 3. The third kappa shape index (κ3) is 1.28. The van der Waals surface area contributed by atoms with Crippen LogP contribution >= 0.6 is 0 Å². The van der Waals surface area contributed by atoms with Crippen LogP contribution in [0.15, 0.2) is 18.3 Å². The average Bonchev–Trinajstić information content (AvgIpc) is 2.46. The lowest BCUT2D eigenvalue weighted by atomic mass is 10.4. The van der Waals surface area contributed by atoms with Crippen LogP contribution in [-0.4, -0.2) is 24.8 Å². The fourth-order valence-corrected chi connectivity index (χ4v) is 1.16. The molecule has 0 spiro atoms. The van der Waals surface area contributed by atoms with E-state index in [1.807, 2.05) is 13.0 Å². The summed E-state index contributed by atoms with van der Waals surface area (Å²) in [7, 11) is 0. The fourth-order valence-electron chi connectivity index (χ4n) is 1.16. The van der Waals surface area contributed by atoms with Crippen LogP contribution in [0.5, 0.6) is 0 Å².